The van der Waals surface area contributed by atoms with Crippen LogP contribution in [0, 0.1) is 0 Å². The van der Waals surface area contributed by atoms with Crippen LogP contribution in [0.4, 0.5) is 0 Å². The van der Waals surface area contributed by atoms with Gasteiger partial charge in [-0.05, 0) is 38.3 Å². The second-order valence-electron chi connectivity index (χ2n) is 7.59. The van der Waals surface area contributed by atoms with E-state index in [2.05, 4.69) is 39.0 Å². The molecule has 0 N–H and O–H groups in total. The van der Waals surface area contributed by atoms with Crippen molar-refractivity contribution >= 4 is 6.29 Å². The summed E-state index contributed by atoms with van der Waals surface area (Å²) < 4.78 is 12.5. The predicted molar refractivity (Wildman–Crippen MR) is 104 cm³/mol. The second-order valence-corrected chi connectivity index (χ2v) is 7.59. The average molecular weight is 352 g/mol. The summed E-state index contributed by atoms with van der Waals surface area (Å²) in [6.07, 6.45) is 5.02. The smallest absolute Gasteiger partial charge is 0.127 e. The molecule has 1 aliphatic rings. The van der Waals surface area contributed by atoms with Crippen molar-refractivity contribution in [2.75, 3.05) is 0 Å². The fourth-order valence-electron chi connectivity index (χ4n) is 3.68. The Labute approximate surface area is 156 Å². The Morgan fingerprint density at radius 2 is 1.92 bits per heavy atom. The van der Waals surface area contributed by atoms with Crippen LogP contribution in [0.25, 0.3) is 0 Å². The number of carbonyl (C=O) groups excluding carboxylic acids is 1. The molecule has 26 heavy (non-hydrogen) atoms. The summed E-state index contributed by atoms with van der Waals surface area (Å²) in [6, 6.07) is 12.4. The average Bonchev–Trinajstić information content (AvgIpc) is 2.94. The van der Waals surface area contributed by atoms with Gasteiger partial charge < -0.3 is 14.3 Å². The molecule has 0 amide bonds. The fraction of sp³-hybridized carbons (Fsp3) is 0.435. The van der Waals surface area contributed by atoms with Gasteiger partial charge in [0.05, 0.1) is 0 Å². The molecule has 0 saturated heterocycles. The van der Waals surface area contributed by atoms with E-state index in [9.17, 15) is 4.79 Å². The zero-order chi connectivity index (χ0) is 18.6. The maximum absolute atomic E-state index is 11.0. The first kappa shape index (κ1) is 18.5. The summed E-state index contributed by atoms with van der Waals surface area (Å²) in [5, 5.41) is 0. The molecule has 3 nitrogen and oxygen atoms in total. The Morgan fingerprint density at radius 1 is 1.15 bits per heavy atom. The zero-order valence-electron chi connectivity index (χ0n) is 16.0. The van der Waals surface area contributed by atoms with E-state index in [1.165, 1.54) is 11.1 Å². The highest BCUT2D eigenvalue weighted by Crippen LogP contribution is 2.44. The van der Waals surface area contributed by atoms with Gasteiger partial charge >= 0.3 is 0 Å². The number of carbonyl (C=O) groups is 1. The molecule has 0 bridgehead atoms. The molecule has 0 aliphatic carbocycles. The fourth-order valence-corrected chi connectivity index (χ4v) is 3.68. The topological polar surface area (TPSA) is 35.5 Å². The Kier molecular flexibility index (Phi) is 5.65. The standard InChI is InChI=1S/C23H28O3/c1-4-9-19-20(12-8-13-24)22-18(15-23(2,3)26-22)14-21(19)25-16-17-10-6-5-7-11-17/h5-7,10-11,13-14H,4,8-9,12,15-16H2,1-3H3. The number of fused-ring (bicyclic) bond motifs is 1. The van der Waals surface area contributed by atoms with Gasteiger partial charge in [-0.3, -0.25) is 0 Å². The summed E-state index contributed by atoms with van der Waals surface area (Å²) in [7, 11) is 0. The number of hydrogen-bond donors (Lipinski definition) is 0. The van der Waals surface area contributed by atoms with Crippen LogP contribution in [-0.2, 0) is 30.7 Å². The van der Waals surface area contributed by atoms with Gasteiger partial charge in [0, 0.05) is 29.5 Å². The minimum atomic E-state index is -0.209. The Bertz CT molecular complexity index is 763. The molecule has 1 aliphatic heterocycles. The third-order valence-corrected chi connectivity index (χ3v) is 4.78. The van der Waals surface area contributed by atoms with Crippen LogP contribution in [0.5, 0.6) is 11.5 Å². The minimum absolute atomic E-state index is 0.209. The van der Waals surface area contributed by atoms with E-state index in [1.54, 1.807) is 0 Å². The van der Waals surface area contributed by atoms with E-state index in [1.807, 2.05) is 18.2 Å². The molecule has 3 rings (SSSR count). The van der Waals surface area contributed by atoms with E-state index in [-0.39, 0.29) is 5.60 Å². The molecule has 3 heteroatoms. The number of hydrogen-bond acceptors (Lipinski definition) is 3. The van der Waals surface area contributed by atoms with Crippen molar-refractivity contribution in [3.63, 3.8) is 0 Å². The molecular formula is C23H28O3. The van der Waals surface area contributed by atoms with Crippen LogP contribution in [0.2, 0.25) is 0 Å². The normalized spacial score (nSPS) is 14.6. The molecule has 0 fully saturated rings. The predicted octanol–water partition coefficient (Wildman–Crippen LogP) is 5.06. The molecule has 0 aromatic heterocycles. The lowest BCUT2D eigenvalue weighted by molar-refractivity contribution is -0.107. The molecule has 0 atom stereocenters. The first-order valence-corrected chi connectivity index (χ1v) is 9.51. The molecule has 0 unspecified atom stereocenters. The maximum Gasteiger partial charge on any atom is 0.127 e. The highest BCUT2D eigenvalue weighted by Gasteiger charge is 2.34. The Hall–Kier alpha value is -2.29. The lowest BCUT2D eigenvalue weighted by Crippen LogP contribution is -2.25. The monoisotopic (exact) mass is 352 g/mol. The van der Waals surface area contributed by atoms with Gasteiger partial charge in [0.2, 0.25) is 0 Å². The molecule has 0 saturated carbocycles. The van der Waals surface area contributed by atoms with Gasteiger partial charge in [0.25, 0.3) is 0 Å². The highest BCUT2D eigenvalue weighted by atomic mass is 16.5. The molecule has 1 heterocycles. The first-order chi connectivity index (χ1) is 12.5. The van der Waals surface area contributed by atoms with Crippen LogP contribution in [-0.4, -0.2) is 11.9 Å². The summed E-state index contributed by atoms with van der Waals surface area (Å²) in [5.74, 6) is 1.92. The Morgan fingerprint density at radius 3 is 2.62 bits per heavy atom. The van der Waals surface area contributed by atoms with Gasteiger partial charge in [0.15, 0.2) is 0 Å². The third-order valence-electron chi connectivity index (χ3n) is 4.78. The van der Waals surface area contributed by atoms with Crippen molar-refractivity contribution in [1.29, 1.82) is 0 Å². The van der Waals surface area contributed by atoms with Crippen LogP contribution in [0.15, 0.2) is 36.4 Å². The van der Waals surface area contributed by atoms with Crippen molar-refractivity contribution in [3.8, 4) is 11.5 Å². The molecule has 2 aromatic rings. The molecule has 0 radical (unpaired) electrons. The van der Waals surface area contributed by atoms with Crippen LogP contribution >= 0.6 is 0 Å². The third kappa shape index (κ3) is 4.09. The SMILES string of the molecule is CCCc1c(OCc2ccccc2)cc2c(c1CCC=O)OC(C)(C)C2. The summed E-state index contributed by atoms with van der Waals surface area (Å²) in [5.41, 5.74) is 4.49. The van der Waals surface area contributed by atoms with Crippen LogP contribution < -0.4 is 9.47 Å². The number of benzene rings is 2. The zero-order valence-corrected chi connectivity index (χ0v) is 16.0. The second kappa shape index (κ2) is 7.94. The van der Waals surface area contributed by atoms with E-state index >= 15 is 0 Å². The van der Waals surface area contributed by atoms with Gasteiger partial charge in [0.1, 0.15) is 30.0 Å². The molecule has 0 spiro atoms. The summed E-state index contributed by atoms with van der Waals surface area (Å²) in [4.78, 5) is 11.0. The lowest BCUT2D eigenvalue weighted by atomic mass is 9.93. The highest BCUT2D eigenvalue weighted by molar-refractivity contribution is 5.58. The summed E-state index contributed by atoms with van der Waals surface area (Å²) >= 11 is 0. The largest absolute Gasteiger partial charge is 0.489 e. The lowest BCUT2D eigenvalue weighted by Gasteiger charge is -2.21. The van der Waals surface area contributed by atoms with Crippen LogP contribution in [0.3, 0.4) is 0 Å². The van der Waals surface area contributed by atoms with E-state index in [0.29, 0.717) is 19.4 Å². The first-order valence-electron chi connectivity index (χ1n) is 9.51. The number of rotatable bonds is 8. The van der Waals surface area contributed by atoms with Gasteiger partial charge in [-0.15, -0.1) is 0 Å². The minimum Gasteiger partial charge on any atom is -0.489 e. The van der Waals surface area contributed by atoms with E-state index < -0.39 is 0 Å². The van der Waals surface area contributed by atoms with Gasteiger partial charge in [-0.2, -0.15) is 0 Å². The Balaban J connectivity index is 1.98. The number of aldehydes is 1. The van der Waals surface area contributed by atoms with Crippen molar-refractivity contribution in [2.45, 2.75) is 65.1 Å². The maximum atomic E-state index is 11.0. The number of ether oxygens (including phenoxy) is 2. The molecule has 138 valence electrons. The van der Waals surface area contributed by atoms with Crippen molar-refractivity contribution in [1.82, 2.24) is 0 Å². The van der Waals surface area contributed by atoms with Gasteiger partial charge in [-0.25, -0.2) is 0 Å². The summed E-state index contributed by atoms with van der Waals surface area (Å²) in [6.45, 7) is 6.94. The quantitative estimate of drug-likeness (QED) is 0.623. The van der Waals surface area contributed by atoms with Gasteiger partial charge in [-0.1, -0.05) is 43.7 Å². The molecular weight excluding hydrogens is 324 g/mol. The van der Waals surface area contributed by atoms with E-state index in [0.717, 1.165) is 48.2 Å². The van der Waals surface area contributed by atoms with E-state index in [4.69, 9.17) is 9.47 Å². The van der Waals surface area contributed by atoms with Crippen molar-refractivity contribution in [3.05, 3.63) is 58.7 Å². The molecule has 2 aromatic carbocycles. The van der Waals surface area contributed by atoms with Crippen molar-refractivity contribution < 1.29 is 14.3 Å². The van der Waals surface area contributed by atoms with Crippen molar-refractivity contribution in [2.24, 2.45) is 0 Å². The van der Waals surface area contributed by atoms with Crippen LogP contribution in [0.1, 0.15) is 55.9 Å².